The number of amides is 1. The Labute approximate surface area is 143 Å². The van der Waals surface area contributed by atoms with Gasteiger partial charge >= 0.3 is 0 Å². The molecule has 1 saturated heterocycles. The highest BCUT2D eigenvalue weighted by atomic mass is 16.5. The van der Waals surface area contributed by atoms with Crippen LogP contribution in [-0.4, -0.2) is 35.5 Å². The van der Waals surface area contributed by atoms with Crippen molar-refractivity contribution < 1.29 is 9.53 Å². The molecule has 1 amide bonds. The molecular formula is C20H24N2O2. The Morgan fingerprint density at radius 1 is 1.21 bits per heavy atom. The van der Waals surface area contributed by atoms with Crippen LogP contribution in [0.5, 0.6) is 5.88 Å². The lowest BCUT2D eigenvalue weighted by Crippen LogP contribution is -2.41. The van der Waals surface area contributed by atoms with Crippen LogP contribution in [0.25, 0.3) is 0 Å². The van der Waals surface area contributed by atoms with E-state index in [9.17, 15) is 4.79 Å². The van der Waals surface area contributed by atoms with Crippen molar-refractivity contribution in [3.63, 3.8) is 0 Å². The SMILES string of the molecule is Cc1ccc(C(=O)N2CCCC(COc3cccc(C)n3)C2)cc1. The first kappa shape index (κ1) is 16.5. The second kappa shape index (κ2) is 7.47. The first-order valence-electron chi connectivity index (χ1n) is 8.54. The van der Waals surface area contributed by atoms with Gasteiger partial charge in [0.05, 0.1) is 6.61 Å². The third-order valence-corrected chi connectivity index (χ3v) is 4.43. The van der Waals surface area contributed by atoms with E-state index < -0.39 is 0 Å². The number of ether oxygens (including phenoxy) is 1. The lowest BCUT2D eigenvalue weighted by atomic mass is 9.98. The third-order valence-electron chi connectivity index (χ3n) is 4.43. The Hall–Kier alpha value is -2.36. The molecule has 1 aliphatic heterocycles. The van der Waals surface area contributed by atoms with Crippen LogP contribution in [0.1, 0.15) is 34.5 Å². The second-order valence-corrected chi connectivity index (χ2v) is 6.55. The van der Waals surface area contributed by atoms with Crippen molar-refractivity contribution in [1.29, 1.82) is 0 Å². The van der Waals surface area contributed by atoms with Crippen LogP contribution in [0.4, 0.5) is 0 Å². The monoisotopic (exact) mass is 324 g/mol. The van der Waals surface area contributed by atoms with E-state index >= 15 is 0 Å². The number of pyridine rings is 1. The van der Waals surface area contributed by atoms with E-state index in [0.717, 1.165) is 37.2 Å². The standard InChI is InChI=1S/C20H24N2O2/c1-15-8-10-18(11-9-15)20(23)22-12-4-6-17(13-22)14-24-19-7-3-5-16(2)21-19/h3,5,7-11,17H,4,6,12-14H2,1-2H3. The normalized spacial score (nSPS) is 17.6. The molecule has 1 aromatic carbocycles. The molecule has 0 spiro atoms. The van der Waals surface area contributed by atoms with Gasteiger partial charge in [0.2, 0.25) is 5.88 Å². The lowest BCUT2D eigenvalue weighted by molar-refractivity contribution is 0.0631. The van der Waals surface area contributed by atoms with E-state index in [2.05, 4.69) is 4.98 Å². The smallest absolute Gasteiger partial charge is 0.253 e. The third kappa shape index (κ3) is 4.13. The molecule has 0 bridgehead atoms. The molecule has 0 N–H and O–H groups in total. The van der Waals surface area contributed by atoms with E-state index in [1.54, 1.807) is 0 Å². The fourth-order valence-electron chi connectivity index (χ4n) is 3.07. The van der Waals surface area contributed by atoms with E-state index in [-0.39, 0.29) is 5.91 Å². The maximum atomic E-state index is 12.6. The summed E-state index contributed by atoms with van der Waals surface area (Å²) in [5.74, 6) is 1.14. The molecular weight excluding hydrogens is 300 g/mol. The van der Waals surface area contributed by atoms with Gasteiger partial charge in [-0.3, -0.25) is 4.79 Å². The zero-order valence-corrected chi connectivity index (χ0v) is 14.4. The summed E-state index contributed by atoms with van der Waals surface area (Å²) in [6, 6.07) is 13.6. The number of hydrogen-bond acceptors (Lipinski definition) is 3. The number of aryl methyl sites for hydroxylation is 2. The molecule has 4 heteroatoms. The Morgan fingerprint density at radius 3 is 2.75 bits per heavy atom. The van der Waals surface area contributed by atoms with Crippen molar-refractivity contribution in [3.05, 3.63) is 59.3 Å². The van der Waals surface area contributed by atoms with Crippen LogP contribution < -0.4 is 4.74 Å². The van der Waals surface area contributed by atoms with Crippen LogP contribution >= 0.6 is 0 Å². The second-order valence-electron chi connectivity index (χ2n) is 6.55. The average Bonchev–Trinajstić information content (AvgIpc) is 2.60. The molecule has 1 aliphatic rings. The van der Waals surface area contributed by atoms with Gasteiger partial charge in [-0.2, -0.15) is 0 Å². The van der Waals surface area contributed by atoms with Crippen molar-refractivity contribution in [2.75, 3.05) is 19.7 Å². The van der Waals surface area contributed by atoms with Gasteiger partial charge < -0.3 is 9.64 Å². The van der Waals surface area contributed by atoms with Gasteiger partial charge in [0.1, 0.15) is 0 Å². The molecule has 1 fully saturated rings. The van der Waals surface area contributed by atoms with Crippen LogP contribution in [0.3, 0.4) is 0 Å². The van der Waals surface area contributed by atoms with Gasteiger partial charge in [-0.15, -0.1) is 0 Å². The minimum absolute atomic E-state index is 0.119. The molecule has 0 aliphatic carbocycles. The molecule has 24 heavy (non-hydrogen) atoms. The predicted octanol–water partition coefficient (Wildman–Crippen LogP) is 3.63. The molecule has 1 atom stereocenters. The quantitative estimate of drug-likeness (QED) is 0.862. The summed E-state index contributed by atoms with van der Waals surface area (Å²) in [5, 5.41) is 0. The molecule has 1 aromatic heterocycles. The molecule has 1 unspecified atom stereocenters. The maximum Gasteiger partial charge on any atom is 0.253 e. The van der Waals surface area contributed by atoms with Gasteiger partial charge in [0.25, 0.3) is 5.91 Å². The zero-order chi connectivity index (χ0) is 16.9. The van der Waals surface area contributed by atoms with E-state index in [4.69, 9.17) is 4.74 Å². The van der Waals surface area contributed by atoms with E-state index in [1.807, 2.05) is 61.2 Å². The fourth-order valence-corrected chi connectivity index (χ4v) is 3.07. The number of nitrogens with zero attached hydrogens (tertiary/aromatic N) is 2. The van der Waals surface area contributed by atoms with E-state index in [0.29, 0.717) is 18.4 Å². The van der Waals surface area contributed by atoms with Gasteiger partial charge in [-0.25, -0.2) is 4.98 Å². The van der Waals surface area contributed by atoms with Gasteiger partial charge in [0, 0.05) is 36.3 Å². The number of carbonyl (C=O) groups is 1. The topological polar surface area (TPSA) is 42.4 Å². The van der Waals surface area contributed by atoms with Crippen molar-refractivity contribution in [1.82, 2.24) is 9.88 Å². The van der Waals surface area contributed by atoms with Gasteiger partial charge in [-0.05, 0) is 44.9 Å². The summed E-state index contributed by atoms with van der Waals surface area (Å²) in [6.45, 7) is 6.16. The number of aromatic nitrogens is 1. The molecule has 3 rings (SSSR count). The van der Waals surface area contributed by atoms with Crippen molar-refractivity contribution in [2.45, 2.75) is 26.7 Å². The highest BCUT2D eigenvalue weighted by Gasteiger charge is 2.25. The number of piperidine rings is 1. The van der Waals surface area contributed by atoms with Crippen molar-refractivity contribution in [3.8, 4) is 5.88 Å². The predicted molar refractivity (Wildman–Crippen MR) is 94.3 cm³/mol. The summed E-state index contributed by atoms with van der Waals surface area (Å²) < 4.78 is 5.83. The van der Waals surface area contributed by atoms with Crippen molar-refractivity contribution >= 4 is 5.91 Å². The zero-order valence-electron chi connectivity index (χ0n) is 14.4. The molecule has 4 nitrogen and oxygen atoms in total. The molecule has 2 aromatic rings. The number of benzene rings is 1. The first-order chi connectivity index (χ1) is 11.6. The van der Waals surface area contributed by atoms with Crippen molar-refractivity contribution in [2.24, 2.45) is 5.92 Å². The minimum Gasteiger partial charge on any atom is -0.477 e. The average molecular weight is 324 g/mol. The molecule has 126 valence electrons. The maximum absolute atomic E-state index is 12.6. The molecule has 2 heterocycles. The number of hydrogen-bond donors (Lipinski definition) is 0. The van der Waals surface area contributed by atoms with E-state index in [1.165, 1.54) is 5.56 Å². The largest absolute Gasteiger partial charge is 0.477 e. The van der Waals surface area contributed by atoms with Gasteiger partial charge in [0.15, 0.2) is 0 Å². The van der Waals surface area contributed by atoms with Crippen LogP contribution in [0, 0.1) is 19.8 Å². The highest BCUT2D eigenvalue weighted by molar-refractivity contribution is 5.94. The molecule has 0 saturated carbocycles. The summed E-state index contributed by atoms with van der Waals surface area (Å²) in [6.07, 6.45) is 2.11. The molecule has 0 radical (unpaired) electrons. The lowest BCUT2D eigenvalue weighted by Gasteiger charge is -2.32. The fraction of sp³-hybridized carbons (Fsp3) is 0.400. The highest BCUT2D eigenvalue weighted by Crippen LogP contribution is 2.20. The minimum atomic E-state index is 0.119. The Kier molecular flexibility index (Phi) is 5.14. The van der Waals surface area contributed by atoms with Gasteiger partial charge in [-0.1, -0.05) is 23.8 Å². The number of likely N-dealkylation sites (tertiary alicyclic amines) is 1. The number of rotatable bonds is 4. The summed E-state index contributed by atoms with van der Waals surface area (Å²) in [5.41, 5.74) is 2.89. The summed E-state index contributed by atoms with van der Waals surface area (Å²) in [7, 11) is 0. The Balaban J connectivity index is 1.57. The summed E-state index contributed by atoms with van der Waals surface area (Å²) >= 11 is 0. The number of carbonyl (C=O) groups excluding carboxylic acids is 1. The van der Waals surface area contributed by atoms with Crippen LogP contribution in [-0.2, 0) is 0 Å². The summed E-state index contributed by atoms with van der Waals surface area (Å²) in [4.78, 5) is 19.0. The van der Waals surface area contributed by atoms with Crippen LogP contribution in [0.2, 0.25) is 0 Å². The Morgan fingerprint density at radius 2 is 2.00 bits per heavy atom. The first-order valence-corrected chi connectivity index (χ1v) is 8.54. The Bertz CT molecular complexity index is 697. The van der Waals surface area contributed by atoms with Crippen LogP contribution in [0.15, 0.2) is 42.5 Å².